The summed E-state index contributed by atoms with van der Waals surface area (Å²) < 4.78 is 27.4. The highest BCUT2D eigenvalue weighted by molar-refractivity contribution is 5.23. The fraction of sp³-hybridized carbons (Fsp3) is 0.625. The van der Waals surface area contributed by atoms with Gasteiger partial charge in [-0.05, 0) is 46.6 Å². The molecule has 5 heteroatoms. The third-order valence-electron chi connectivity index (χ3n) is 4.20. The maximum atomic E-state index is 14.0. The predicted octanol–water partition coefficient (Wildman–Crippen LogP) is 2.25. The van der Waals surface area contributed by atoms with Crippen LogP contribution in [0.15, 0.2) is 18.2 Å². The average molecular weight is 297 g/mol. The van der Waals surface area contributed by atoms with Gasteiger partial charge in [-0.2, -0.15) is 0 Å². The maximum absolute atomic E-state index is 14.0. The number of hydrogen-bond acceptors (Lipinski definition) is 3. The number of hydrogen-bond donors (Lipinski definition) is 1. The van der Waals surface area contributed by atoms with Crippen molar-refractivity contribution in [3.8, 4) is 0 Å². The molecule has 0 aromatic heterocycles. The molecule has 2 rings (SSSR count). The minimum atomic E-state index is -0.779. The van der Waals surface area contributed by atoms with E-state index in [1.807, 2.05) is 0 Å². The van der Waals surface area contributed by atoms with Crippen LogP contribution in [0.5, 0.6) is 0 Å². The van der Waals surface area contributed by atoms with Gasteiger partial charge in [0.15, 0.2) is 11.6 Å². The molecule has 21 heavy (non-hydrogen) atoms. The lowest BCUT2D eigenvalue weighted by molar-refractivity contribution is 0.190. The van der Waals surface area contributed by atoms with E-state index in [4.69, 9.17) is 0 Å². The van der Waals surface area contributed by atoms with Gasteiger partial charge in [0.25, 0.3) is 0 Å². The number of rotatable bonds is 6. The Labute approximate surface area is 125 Å². The van der Waals surface area contributed by atoms with Crippen LogP contribution in [0.2, 0.25) is 0 Å². The van der Waals surface area contributed by atoms with Crippen LogP contribution in [0.25, 0.3) is 0 Å². The lowest BCUT2D eigenvalue weighted by atomic mass is 10.0. The highest BCUT2D eigenvalue weighted by Gasteiger charge is 2.28. The standard InChI is InChI=1S/C16H25F2N3/c1-19-15(13-7-4-8-14(17)16(13)18)11-21-9-5-6-12(21)10-20(2)3/h4,7-8,12,15,19H,5-6,9-11H2,1-3H3. The number of nitrogens with zero attached hydrogens (tertiary/aromatic N) is 2. The highest BCUT2D eigenvalue weighted by Crippen LogP contribution is 2.24. The zero-order chi connectivity index (χ0) is 15.4. The molecule has 1 aromatic rings. The molecular weight excluding hydrogens is 272 g/mol. The Morgan fingerprint density at radius 1 is 1.38 bits per heavy atom. The van der Waals surface area contributed by atoms with Crippen LogP contribution < -0.4 is 5.32 Å². The number of benzene rings is 1. The van der Waals surface area contributed by atoms with E-state index in [0.717, 1.165) is 19.2 Å². The molecule has 0 spiro atoms. The van der Waals surface area contributed by atoms with E-state index in [1.165, 1.54) is 12.8 Å². The molecule has 1 saturated heterocycles. The minimum absolute atomic E-state index is 0.191. The molecule has 3 nitrogen and oxygen atoms in total. The Hall–Kier alpha value is -1.04. The topological polar surface area (TPSA) is 18.5 Å². The first kappa shape index (κ1) is 16.3. The van der Waals surface area contributed by atoms with Gasteiger partial charge in [-0.25, -0.2) is 8.78 Å². The summed E-state index contributed by atoms with van der Waals surface area (Å²) in [5, 5.41) is 3.13. The second kappa shape index (κ2) is 7.29. The SMILES string of the molecule is CNC(CN1CCCC1CN(C)C)c1cccc(F)c1F. The Kier molecular flexibility index (Phi) is 5.67. The van der Waals surface area contributed by atoms with Crippen molar-refractivity contribution in [2.24, 2.45) is 0 Å². The van der Waals surface area contributed by atoms with Gasteiger partial charge in [-0.15, -0.1) is 0 Å². The van der Waals surface area contributed by atoms with E-state index in [0.29, 0.717) is 18.2 Å². The average Bonchev–Trinajstić information content (AvgIpc) is 2.86. The normalized spacial score (nSPS) is 21.1. The second-order valence-electron chi connectivity index (χ2n) is 6.04. The molecule has 0 saturated carbocycles. The monoisotopic (exact) mass is 297 g/mol. The summed E-state index contributed by atoms with van der Waals surface area (Å²) in [6.45, 7) is 2.73. The molecular formula is C16H25F2N3. The summed E-state index contributed by atoms with van der Waals surface area (Å²) in [7, 11) is 5.93. The third-order valence-corrected chi connectivity index (χ3v) is 4.20. The fourth-order valence-corrected chi connectivity index (χ4v) is 3.13. The van der Waals surface area contributed by atoms with Crippen molar-refractivity contribution in [2.45, 2.75) is 24.9 Å². The molecule has 0 bridgehead atoms. The van der Waals surface area contributed by atoms with E-state index in [-0.39, 0.29) is 6.04 Å². The molecule has 0 amide bonds. The summed E-state index contributed by atoms with van der Waals surface area (Å²) in [5.74, 6) is -1.51. The van der Waals surface area contributed by atoms with Gasteiger partial charge in [-0.3, -0.25) is 4.90 Å². The zero-order valence-corrected chi connectivity index (χ0v) is 13.1. The van der Waals surface area contributed by atoms with Crippen molar-refractivity contribution in [3.63, 3.8) is 0 Å². The van der Waals surface area contributed by atoms with E-state index >= 15 is 0 Å². The van der Waals surface area contributed by atoms with Gasteiger partial charge in [0.05, 0.1) is 0 Å². The minimum Gasteiger partial charge on any atom is -0.312 e. The Morgan fingerprint density at radius 3 is 2.81 bits per heavy atom. The van der Waals surface area contributed by atoms with E-state index in [2.05, 4.69) is 29.2 Å². The first-order valence-corrected chi connectivity index (χ1v) is 7.53. The molecule has 0 aliphatic carbocycles. The Morgan fingerprint density at radius 2 is 2.14 bits per heavy atom. The maximum Gasteiger partial charge on any atom is 0.163 e. The first-order valence-electron chi connectivity index (χ1n) is 7.53. The fourth-order valence-electron chi connectivity index (χ4n) is 3.13. The van der Waals surface area contributed by atoms with Crippen molar-refractivity contribution in [2.75, 3.05) is 40.8 Å². The summed E-state index contributed by atoms with van der Waals surface area (Å²) >= 11 is 0. The van der Waals surface area contributed by atoms with Crippen LogP contribution in [0.1, 0.15) is 24.4 Å². The van der Waals surface area contributed by atoms with Crippen LogP contribution in [-0.2, 0) is 0 Å². The molecule has 1 aliphatic heterocycles. The first-order chi connectivity index (χ1) is 10.0. The number of nitrogens with one attached hydrogen (secondary N) is 1. The molecule has 0 radical (unpaired) electrons. The van der Waals surface area contributed by atoms with Crippen LogP contribution in [0.4, 0.5) is 8.78 Å². The molecule has 1 heterocycles. The zero-order valence-electron chi connectivity index (χ0n) is 13.1. The molecule has 118 valence electrons. The van der Waals surface area contributed by atoms with Crippen molar-refractivity contribution in [1.82, 2.24) is 15.1 Å². The van der Waals surface area contributed by atoms with Crippen LogP contribution in [-0.4, -0.2) is 56.6 Å². The van der Waals surface area contributed by atoms with E-state index in [9.17, 15) is 8.78 Å². The molecule has 2 atom stereocenters. The Balaban J connectivity index is 2.10. The molecule has 1 aromatic carbocycles. The van der Waals surface area contributed by atoms with Crippen molar-refractivity contribution in [1.29, 1.82) is 0 Å². The van der Waals surface area contributed by atoms with Gasteiger partial charge >= 0.3 is 0 Å². The highest BCUT2D eigenvalue weighted by atomic mass is 19.2. The summed E-state index contributed by atoms with van der Waals surface area (Å²) in [6, 6.07) is 4.70. The van der Waals surface area contributed by atoms with Gasteiger partial charge in [-0.1, -0.05) is 12.1 Å². The molecule has 1 aliphatic rings. The summed E-state index contributed by atoms with van der Waals surface area (Å²) in [5.41, 5.74) is 0.410. The Bertz CT molecular complexity index is 465. The summed E-state index contributed by atoms with van der Waals surface area (Å²) in [4.78, 5) is 4.56. The smallest absolute Gasteiger partial charge is 0.163 e. The number of halogens is 2. The molecule has 1 fully saturated rings. The largest absolute Gasteiger partial charge is 0.312 e. The number of likely N-dealkylation sites (N-methyl/N-ethyl adjacent to an activating group) is 2. The third kappa shape index (κ3) is 3.99. The van der Waals surface area contributed by atoms with Gasteiger partial charge in [0.2, 0.25) is 0 Å². The predicted molar refractivity (Wildman–Crippen MR) is 81.3 cm³/mol. The molecule has 2 unspecified atom stereocenters. The van der Waals surface area contributed by atoms with Gasteiger partial charge in [0.1, 0.15) is 0 Å². The second-order valence-corrected chi connectivity index (χ2v) is 6.04. The van der Waals surface area contributed by atoms with Crippen molar-refractivity contribution >= 4 is 0 Å². The van der Waals surface area contributed by atoms with Crippen molar-refractivity contribution in [3.05, 3.63) is 35.4 Å². The van der Waals surface area contributed by atoms with Crippen LogP contribution >= 0.6 is 0 Å². The quantitative estimate of drug-likeness (QED) is 0.869. The van der Waals surface area contributed by atoms with E-state index in [1.54, 1.807) is 19.2 Å². The van der Waals surface area contributed by atoms with Crippen LogP contribution in [0, 0.1) is 11.6 Å². The number of likely N-dealkylation sites (tertiary alicyclic amines) is 1. The van der Waals surface area contributed by atoms with Gasteiger partial charge < -0.3 is 10.2 Å². The van der Waals surface area contributed by atoms with E-state index < -0.39 is 11.6 Å². The lowest BCUT2D eigenvalue weighted by Crippen LogP contribution is -2.42. The van der Waals surface area contributed by atoms with Gasteiger partial charge in [0, 0.05) is 30.7 Å². The van der Waals surface area contributed by atoms with Crippen molar-refractivity contribution < 1.29 is 8.78 Å². The molecule has 1 N–H and O–H groups in total. The lowest BCUT2D eigenvalue weighted by Gasteiger charge is -2.30. The van der Waals surface area contributed by atoms with Crippen LogP contribution in [0.3, 0.4) is 0 Å². The summed E-state index contributed by atoms with van der Waals surface area (Å²) in [6.07, 6.45) is 2.33.